The van der Waals surface area contributed by atoms with Crippen LogP contribution in [0.15, 0.2) is 27.7 Å². The first kappa shape index (κ1) is 24.6. The normalized spacial score (nSPS) is 11.1. The Morgan fingerprint density at radius 1 is 1.16 bits per heavy atom. The Bertz CT molecular complexity index is 507. The van der Waals surface area contributed by atoms with Gasteiger partial charge in [-0.2, -0.15) is 0 Å². The van der Waals surface area contributed by atoms with Gasteiger partial charge in [0.15, 0.2) is 5.96 Å². The van der Waals surface area contributed by atoms with Crippen LogP contribution in [0.4, 0.5) is 4.39 Å². The Morgan fingerprint density at radius 2 is 1.88 bits per heavy atom. The van der Waals surface area contributed by atoms with Gasteiger partial charge in [0.2, 0.25) is 0 Å². The highest BCUT2D eigenvalue weighted by Gasteiger charge is 2.03. The summed E-state index contributed by atoms with van der Waals surface area (Å²) in [5, 5.41) is 6.45. The van der Waals surface area contributed by atoms with Gasteiger partial charge in [-0.15, -0.1) is 24.0 Å². The van der Waals surface area contributed by atoms with E-state index in [-0.39, 0.29) is 29.8 Å². The molecular formula is C17H28BrFIN3O2. The lowest BCUT2D eigenvalue weighted by Gasteiger charge is -2.12. The third-order valence-electron chi connectivity index (χ3n) is 3.34. The van der Waals surface area contributed by atoms with Gasteiger partial charge in [-0.05, 0) is 37.0 Å². The molecule has 0 unspecified atom stereocenters. The van der Waals surface area contributed by atoms with E-state index in [4.69, 9.17) is 9.47 Å². The van der Waals surface area contributed by atoms with Gasteiger partial charge in [-0.1, -0.05) is 22.0 Å². The van der Waals surface area contributed by atoms with Crippen LogP contribution in [0.1, 0.15) is 18.4 Å². The third kappa shape index (κ3) is 11.7. The highest BCUT2D eigenvalue weighted by Crippen LogP contribution is 2.16. The number of nitrogens with zero attached hydrogens (tertiary/aromatic N) is 1. The standard InChI is InChI=1S/C17H27BrFN3O2.HI/c1-20-17(22-9-4-10-24-12-11-23-2)21-8-3-5-14-6-7-15(18)13-16(14)19;/h6-7,13H,3-5,8-12H2,1-2H3,(H2,20,21,22);1H. The van der Waals surface area contributed by atoms with Crippen molar-refractivity contribution < 1.29 is 13.9 Å². The van der Waals surface area contributed by atoms with Crippen LogP contribution in [-0.4, -0.2) is 53.0 Å². The number of benzene rings is 1. The van der Waals surface area contributed by atoms with E-state index in [0.717, 1.165) is 41.9 Å². The molecule has 0 aliphatic heterocycles. The van der Waals surface area contributed by atoms with E-state index in [2.05, 4.69) is 31.6 Å². The van der Waals surface area contributed by atoms with E-state index in [9.17, 15) is 4.39 Å². The Hall–Kier alpha value is -0.450. The first-order valence-corrected chi connectivity index (χ1v) is 8.91. The zero-order valence-corrected chi connectivity index (χ0v) is 18.7. The molecule has 0 radical (unpaired) electrons. The monoisotopic (exact) mass is 531 g/mol. The molecule has 1 rings (SSSR count). The van der Waals surface area contributed by atoms with Crippen molar-refractivity contribution in [3.05, 3.63) is 34.1 Å². The summed E-state index contributed by atoms with van der Waals surface area (Å²) in [6.07, 6.45) is 2.42. The molecule has 2 N–H and O–H groups in total. The Kier molecular flexibility index (Phi) is 15.5. The summed E-state index contributed by atoms with van der Waals surface area (Å²) in [6.45, 7) is 3.45. The van der Waals surface area contributed by atoms with Crippen molar-refractivity contribution in [2.24, 2.45) is 4.99 Å². The first-order valence-electron chi connectivity index (χ1n) is 8.12. The molecule has 0 bridgehead atoms. The molecule has 0 aliphatic rings. The van der Waals surface area contributed by atoms with Crippen LogP contribution in [0, 0.1) is 5.82 Å². The number of aliphatic imine (C=N–C) groups is 1. The topological polar surface area (TPSA) is 54.9 Å². The first-order chi connectivity index (χ1) is 11.7. The molecule has 0 heterocycles. The SMILES string of the molecule is CN=C(NCCCOCCOC)NCCCc1ccc(Br)cc1F.I. The van der Waals surface area contributed by atoms with Crippen molar-refractivity contribution in [3.63, 3.8) is 0 Å². The van der Waals surface area contributed by atoms with Gasteiger partial charge in [0.05, 0.1) is 13.2 Å². The minimum absolute atomic E-state index is 0. The number of hydrogen-bond donors (Lipinski definition) is 2. The van der Waals surface area contributed by atoms with Crippen LogP contribution in [0.5, 0.6) is 0 Å². The molecule has 144 valence electrons. The molecule has 0 saturated carbocycles. The Labute approximate surface area is 175 Å². The second kappa shape index (κ2) is 15.8. The molecule has 0 aromatic heterocycles. The number of halogens is 3. The van der Waals surface area contributed by atoms with Crippen molar-refractivity contribution >= 4 is 45.9 Å². The summed E-state index contributed by atoms with van der Waals surface area (Å²) < 4.78 is 24.8. The van der Waals surface area contributed by atoms with Gasteiger partial charge in [0.25, 0.3) is 0 Å². The van der Waals surface area contributed by atoms with Crippen molar-refractivity contribution in [1.29, 1.82) is 0 Å². The fraction of sp³-hybridized carbons (Fsp3) is 0.588. The quantitative estimate of drug-likeness (QED) is 0.199. The van der Waals surface area contributed by atoms with Crippen LogP contribution < -0.4 is 10.6 Å². The van der Waals surface area contributed by atoms with E-state index < -0.39 is 0 Å². The molecule has 0 atom stereocenters. The van der Waals surface area contributed by atoms with E-state index in [1.165, 1.54) is 6.07 Å². The second-order valence-electron chi connectivity index (χ2n) is 5.22. The van der Waals surface area contributed by atoms with E-state index >= 15 is 0 Å². The summed E-state index contributed by atoms with van der Waals surface area (Å²) in [7, 11) is 3.39. The maximum absolute atomic E-state index is 13.7. The lowest BCUT2D eigenvalue weighted by atomic mass is 10.1. The van der Waals surface area contributed by atoms with E-state index in [0.29, 0.717) is 26.2 Å². The number of guanidine groups is 1. The van der Waals surface area contributed by atoms with Crippen LogP contribution >= 0.6 is 39.9 Å². The van der Waals surface area contributed by atoms with Crippen LogP contribution in [0.2, 0.25) is 0 Å². The molecule has 0 amide bonds. The van der Waals surface area contributed by atoms with Gasteiger partial charge in [-0.3, -0.25) is 4.99 Å². The number of ether oxygens (including phenoxy) is 2. The third-order valence-corrected chi connectivity index (χ3v) is 3.84. The number of hydrogen-bond acceptors (Lipinski definition) is 3. The van der Waals surface area contributed by atoms with Gasteiger partial charge in [-0.25, -0.2) is 4.39 Å². The maximum atomic E-state index is 13.7. The Balaban J connectivity index is 0.00000576. The van der Waals surface area contributed by atoms with Gasteiger partial charge in [0, 0.05) is 38.3 Å². The molecule has 0 spiro atoms. The zero-order chi connectivity index (χ0) is 17.6. The van der Waals surface area contributed by atoms with Crippen molar-refractivity contribution in [1.82, 2.24) is 10.6 Å². The van der Waals surface area contributed by atoms with Crippen LogP contribution in [-0.2, 0) is 15.9 Å². The highest BCUT2D eigenvalue weighted by molar-refractivity contribution is 14.0. The Morgan fingerprint density at radius 3 is 2.52 bits per heavy atom. The summed E-state index contributed by atoms with van der Waals surface area (Å²) in [5.74, 6) is 0.587. The predicted octanol–water partition coefficient (Wildman–Crippen LogP) is 3.36. The summed E-state index contributed by atoms with van der Waals surface area (Å²) in [5.41, 5.74) is 0.733. The molecule has 1 aromatic carbocycles. The number of nitrogens with one attached hydrogen (secondary N) is 2. The molecule has 5 nitrogen and oxygen atoms in total. The average Bonchev–Trinajstić information content (AvgIpc) is 2.57. The van der Waals surface area contributed by atoms with Gasteiger partial charge < -0.3 is 20.1 Å². The summed E-state index contributed by atoms with van der Waals surface area (Å²) in [6, 6.07) is 5.18. The van der Waals surface area contributed by atoms with E-state index in [1.807, 2.05) is 12.1 Å². The van der Waals surface area contributed by atoms with Gasteiger partial charge >= 0.3 is 0 Å². The fourth-order valence-corrected chi connectivity index (χ4v) is 2.39. The number of rotatable bonds is 11. The molecule has 0 fully saturated rings. The zero-order valence-electron chi connectivity index (χ0n) is 14.8. The molecule has 8 heteroatoms. The van der Waals surface area contributed by atoms with Crippen molar-refractivity contribution in [2.45, 2.75) is 19.3 Å². The molecule has 1 aromatic rings. The summed E-state index contributed by atoms with van der Waals surface area (Å²) >= 11 is 3.26. The fourth-order valence-electron chi connectivity index (χ4n) is 2.06. The maximum Gasteiger partial charge on any atom is 0.190 e. The van der Waals surface area contributed by atoms with Gasteiger partial charge in [0.1, 0.15) is 5.82 Å². The summed E-state index contributed by atoms with van der Waals surface area (Å²) in [4.78, 5) is 4.16. The largest absolute Gasteiger partial charge is 0.382 e. The predicted molar refractivity (Wildman–Crippen MR) is 115 cm³/mol. The second-order valence-corrected chi connectivity index (χ2v) is 6.14. The number of methoxy groups -OCH3 is 1. The van der Waals surface area contributed by atoms with Crippen LogP contribution in [0.25, 0.3) is 0 Å². The molecular weight excluding hydrogens is 504 g/mol. The van der Waals surface area contributed by atoms with Crippen molar-refractivity contribution in [2.75, 3.05) is 47.1 Å². The van der Waals surface area contributed by atoms with Crippen molar-refractivity contribution in [3.8, 4) is 0 Å². The molecule has 0 saturated heterocycles. The average molecular weight is 532 g/mol. The highest BCUT2D eigenvalue weighted by atomic mass is 127. The number of aryl methyl sites for hydroxylation is 1. The van der Waals surface area contributed by atoms with Crippen LogP contribution in [0.3, 0.4) is 0 Å². The van der Waals surface area contributed by atoms with E-state index in [1.54, 1.807) is 14.2 Å². The lowest BCUT2D eigenvalue weighted by Crippen LogP contribution is -2.38. The minimum Gasteiger partial charge on any atom is -0.382 e. The smallest absolute Gasteiger partial charge is 0.190 e. The lowest BCUT2D eigenvalue weighted by molar-refractivity contribution is 0.0698. The minimum atomic E-state index is -0.166. The molecule has 0 aliphatic carbocycles. The molecule has 25 heavy (non-hydrogen) atoms.